The van der Waals surface area contributed by atoms with Crippen LogP contribution in [0.15, 0.2) is 0 Å². The summed E-state index contributed by atoms with van der Waals surface area (Å²) < 4.78 is 68.2. The molecule has 0 rings (SSSR count). The molecular formula is C69H134O17P2. The molecule has 3 N–H and O–H groups in total. The van der Waals surface area contributed by atoms with Crippen molar-refractivity contribution in [1.82, 2.24) is 0 Å². The Balaban J connectivity index is 5.21. The van der Waals surface area contributed by atoms with E-state index in [1.54, 1.807) is 0 Å². The fraction of sp³-hybridized carbons (Fsp3) is 0.942. The normalized spacial score (nSPS) is 14.1. The van der Waals surface area contributed by atoms with Gasteiger partial charge in [0.25, 0.3) is 0 Å². The lowest BCUT2D eigenvalue weighted by atomic mass is 10.0. The SMILES string of the molecule is CCCCCCCCCCCCCCCCCCCC(=O)O[C@H](COC(=O)CCCCCCCCCCCCC(C)C)COP(=O)(O)OC[C@@H](O)COP(=O)(O)OC[C@@H](COC(=O)CCCCCCCCCC)OC(=O)CCCCCCCCCCCC. The van der Waals surface area contributed by atoms with Crippen molar-refractivity contribution in [3.05, 3.63) is 0 Å². The molecule has 0 aliphatic carbocycles. The van der Waals surface area contributed by atoms with Crippen LogP contribution in [0.2, 0.25) is 0 Å². The van der Waals surface area contributed by atoms with Gasteiger partial charge in [-0.2, -0.15) is 0 Å². The topological polar surface area (TPSA) is 237 Å². The highest BCUT2D eigenvalue weighted by atomic mass is 31.2. The first kappa shape index (κ1) is 86.1. The van der Waals surface area contributed by atoms with E-state index in [4.69, 9.17) is 37.0 Å². The van der Waals surface area contributed by atoms with Gasteiger partial charge in [0.1, 0.15) is 19.3 Å². The molecule has 0 radical (unpaired) electrons. The molecule has 0 aromatic rings. The number of ether oxygens (including phenoxy) is 4. The standard InChI is InChI=1S/C69H134O17P2/c1-6-9-12-15-18-21-23-24-25-26-27-28-29-35-40-45-50-55-69(74)86-65(59-80-67(72)53-48-43-38-34-31-30-32-36-41-46-51-62(4)5)61-84-88(77,78)82-57-63(70)56-81-87(75,76)83-60-64(58-79-66(71)52-47-42-37-20-17-14-11-8-3)85-68(73)54-49-44-39-33-22-19-16-13-10-7-2/h62-65,70H,6-61H2,1-5H3,(H,75,76)(H,77,78)/t63-,64+,65+/m0/s1. The van der Waals surface area contributed by atoms with Gasteiger partial charge in [0.15, 0.2) is 12.2 Å². The van der Waals surface area contributed by atoms with E-state index in [9.17, 15) is 43.2 Å². The van der Waals surface area contributed by atoms with Crippen molar-refractivity contribution in [2.24, 2.45) is 5.92 Å². The zero-order valence-corrected chi connectivity index (χ0v) is 58.6. The monoisotopic (exact) mass is 1300 g/mol. The molecule has 0 aliphatic rings. The molecule has 0 saturated carbocycles. The molecule has 0 heterocycles. The predicted octanol–water partition coefficient (Wildman–Crippen LogP) is 19.7. The zero-order valence-electron chi connectivity index (χ0n) is 56.9. The lowest BCUT2D eigenvalue weighted by Crippen LogP contribution is -2.30. The number of carbonyl (C=O) groups is 4. The van der Waals surface area contributed by atoms with E-state index in [0.29, 0.717) is 25.7 Å². The number of carbonyl (C=O) groups excluding carboxylic acids is 4. The summed E-state index contributed by atoms with van der Waals surface area (Å²) in [4.78, 5) is 72.4. The van der Waals surface area contributed by atoms with Crippen LogP contribution in [0.4, 0.5) is 0 Å². The molecule has 19 heteroatoms. The summed E-state index contributed by atoms with van der Waals surface area (Å²) in [7, 11) is -9.89. The van der Waals surface area contributed by atoms with Crippen molar-refractivity contribution in [2.75, 3.05) is 39.6 Å². The minimum Gasteiger partial charge on any atom is -0.462 e. The minimum atomic E-state index is -4.95. The number of phosphoric acid groups is 2. The Bertz CT molecular complexity index is 1700. The summed E-state index contributed by atoms with van der Waals surface area (Å²) in [5.41, 5.74) is 0. The third-order valence-electron chi connectivity index (χ3n) is 16.0. The third kappa shape index (κ3) is 62.8. The zero-order chi connectivity index (χ0) is 64.9. The second kappa shape index (κ2) is 62.5. The number of phosphoric ester groups is 2. The number of rotatable bonds is 69. The maximum Gasteiger partial charge on any atom is 0.472 e. The predicted molar refractivity (Wildman–Crippen MR) is 354 cm³/mol. The van der Waals surface area contributed by atoms with Crippen molar-refractivity contribution in [3.8, 4) is 0 Å². The van der Waals surface area contributed by atoms with Gasteiger partial charge < -0.3 is 33.8 Å². The van der Waals surface area contributed by atoms with Crippen molar-refractivity contribution in [3.63, 3.8) is 0 Å². The highest BCUT2D eigenvalue weighted by molar-refractivity contribution is 7.47. The smallest absolute Gasteiger partial charge is 0.462 e. The molecule has 5 atom stereocenters. The minimum absolute atomic E-state index is 0.106. The quantitative estimate of drug-likeness (QED) is 0.0222. The van der Waals surface area contributed by atoms with Crippen LogP contribution < -0.4 is 0 Å². The summed E-state index contributed by atoms with van der Waals surface area (Å²) in [5, 5.41) is 10.6. The van der Waals surface area contributed by atoms with Gasteiger partial charge in [-0.15, -0.1) is 0 Å². The van der Waals surface area contributed by atoms with E-state index >= 15 is 0 Å². The van der Waals surface area contributed by atoms with Gasteiger partial charge in [0.05, 0.1) is 26.4 Å². The molecule has 2 unspecified atom stereocenters. The van der Waals surface area contributed by atoms with Crippen LogP contribution >= 0.6 is 15.6 Å². The average molecular weight is 1300 g/mol. The van der Waals surface area contributed by atoms with Gasteiger partial charge in [-0.3, -0.25) is 37.3 Å². The van der Waals surface area contributed by atoms with Gasteiger partial charge in [-0.05, 0) is 31.6 Å². The Kier molecular flexibility index (Phi) is 61.1. The van der Waals surface area contributed by atoms with Crippen LogP contribution in [0.3, 0.4) is 0 Å². The van der Waals surface area contributed by atoms with Crippen LogP contribution in [0.5, 0.6) is 0 Å². The van der Waals surface area contributed by atoms with Gasteiger partial charge in [-0.25, -0.2) is 9.13 Å². The first-order valence-electron chi connectivity index (χ1n) is 36.1. The van der Waals surface area contributed by atoms with Gasteiger partial charge in [0.2, 0.25) is 0 Å². The van der Waals surface area contributed by atoms with Crippen LogP contribution in [-0.2, 0) is 65.4 Å². The fourth-order valence-electron chi connectivity index (χ4n) is 10.5. The summed E-state index contributed by atoms with van der Waals surface area (Å²) in [6.45, 7) is 7.20. The highest BCUT2D eigenvalue weighted by Crippen LogP contribution is 2.45. The number of esters is 4. The molecule has 17 nitrogen and oxygen atoms in total. The highest BCUT2D eigenvalue weighted by Gasteiger charge is 2.30. The molecule has 0 spiro atoms. The largest absolute Gasteiger partial charge is 0.472 e. The molecule has 88 heavy (non-hydrogen) atoms. The van der Waals surface area contributed by atoms with Gasteiger partial charge >= 0.3 is 39.5 Å². The second-order valence-corrected chi connectivity index (χ2v) is 28.3. The maximum atomic E-state index is 13.0. The van der Waals surface area contributed by atoms with Crippen LogP contribution in [0, 0.1) is 5.92 Å². The maximum absolute atomic E-state index is 13.0. The lowest BCUT2D eigenvalue weighted by molar-refractivity contribution is -0.161. The summed E-state index contributed by atoms with van der Waals surface area (Å²) in [6, 6.07) is 0. The van der Waals surface area contributed by atoms with E-state index in [0.717, 1.165) is 102 Å². The first-order valence-corrected chi connectivity index (χ1v) is 39.1. The summed E-state index contributed by atoms with van der Waals surface area (Å²) >= 11 is 0. The van der Waals surface area contributed by atoms with Crippen molar-refractivity contribution < 1.29 is 80.2 Å². The molecular weight excluding hydrogens is 1160 g/mol. The van der Waals surface area contributed by atoms with Crippen LogP contribution in [0.1, 0.15) is 356 Å². The van der Waals surface area contributed by atoms with E-state index < -0.39 is 97.5 Å². The second-order valence-electron chi connectivity index (χ2n) is 25.4. The number of unbranched alkanes of at least 4 members (excludes halogenated alkanes) is 41. The summed E-state index contributed by atoms with van der Waals surface area (Å²) in [5.74, 6) is -1.37. The fourth-order valence-corrected chi connectivity index (χ4v) is 12.0. The number of aliphatic hydroxyl groups is 1. The molecule has 0 bridgehead atoms. The first-order chi connectivity index (χ1) is 42.5. The molecule has 0 aromatic carbocycles. The Morgan fingerprint density at radius 3 is 0.773 bits per heavy atom. The van der Waals surface area contributed by atoms with Crippen molar-refractivity contribution in [2.45, 2.75) is 374 Å². The summed E-state index contributed by atoms with van der Waals surface area (Å²) in [6.07, 6.45) is 48.6. The van der Waals surface area contributed by atoms with Crippen molar-refractivity contribution in [1.29, 1.82) is 0 Å². The molecule has 522 valence electrons. The number of hydrogen-bond acceptors (Lipinski definition) is 15. The Labute approximate surface area is 537 Å². The van der Waals surface area contributed by atoms with E-state index in [1.165, 1.54) is 173 Å². The van der Waals surface area contributed by atoms with Crippen molar-refractivity contribution >= 4 is 39.5 Å². The van der Waals surface area contributed by atoms with E-state index in [1.807, 2.05) is 0 Å². The molecule has 0 aromatic heterocycles. The Hall–Kier alpha value is -1.94. The molecule has 0 fully saturated rings. The number of hydrogen-bond donors (Lipinski definition) is 3. The molecule has 0 aliphatic heterocycles. The third-order valence-corrected chi connectivity index (χ3v) is 17.9. The van der Waals surface area contributed by atoms with E-state index in [2.05, 4.69) is 34.6 Å². The van der Waals surface area contributed by atoms with E-state index in [-0.39, 0.29) is 25.7 Å². The Morgan fingerprint density at radius 2 is 0.523 bits per heavy atom. The Morgan fingerprint density at radius 1 is 0.307 bits per heavy atom. The number of aliphatic hydroxyl groups excluding tert-OH is 1. The lowest BCUT2D eigenvalue weighted by Gasteiger charge is -2.21. The van der Waals surface area contributed by atoms with Gasteiger partial charge in [0, 0.05) is 25.7 Å². The van der Waals surface area contributed by atoms with Crippen LogP contribution in [0.25, 0.3) is 0 Å². The van der Waals surface area contributed by atoms with Crippen LogP contribution in [-0.4, -0.2) is 96.7 Å². The molecule has 0 saturated heterocycles. The molecule has 0 amide bonds. The van der Waals surface area contributed by atoms with Gasteiger partial charge in [-0.1, -0.05) is 304 Å². The average Bonchev–Trinajstić information content (AvgIpc) is 3.63.